The maximum Gasteiger partial charge on any atom is 0.326 e. The lowest BCUT2D eigenvalue weighted by Crippen LogP contribution is -2.31. The molecular weight excluding hydrogens is 238 g/mol. The maximum atomic E-state index is 12.0. The first-order valence-corrected chi connectivity index (χ1v) is 6.68. The van der Waals surface area contributed by atoms with Crippen LogP contribution < -0.4 is 5.69 Å². The zero-order valence-electron chi connectivity index (χ0n) is 11.4. The van der Waals surface area contributed by atoms with E-state index in [9.17, 15) is 4.79 Å². The number of imidazole rings is 1. The number of benzene rings is 1. The molecule has 0 aliphatic carbocycles. The number of hydrogen-bond donors (Lipinski definition) is 1. The number of aromatic nitrogens is 2. The SMILES string of the molecule is C=C(C)CN1CCn2c(=O)[nH]c3cccc(c32)C1C. The Bertz CT molecular complexity index is 695. The van der Waals surface area contributed by atoms with E-state index in [1.165, 1.54) is 5.56 Å². The van der Waals surface area contributed by atoms with Crippen molar-refractivity contribution in [3.05, 3.63) is 46.4 Å². The van der Waals surface area contributed by atoms with Crippen molar-refractivity contribution in [1.29, 1.82) is 0 Å². The van der Waals surface area contributed by atoms with Gasteiger partial charge in [0.1, 0.15) is 0 Å². The van der Waals surface area contributed by atoms with E-state index < -0.39 is 0 Å². The summed E-state index contributed by atoms with van der Waals surface area (Å²) in [4.78, 5) is 17.3. The van der Waals surface area contributed by atoms with Crippen molar-refractivity contribution < 1.29 is 0 Å². The van der Waals surface area contributed by atoms with Crippen molar-refractivity contribution in [2.75, 3.05) is 13.1 Å². The minimum atomic E-state index is -0.00757. The van der Waals surface area contributed by atoms with Gasteiger partial charge in [-0.05, 0) is 25.5 Å². The van der Waals surface area contributed by atoms with Crippen LogP contribution in [0.15, 0.2) is 35.1 Å². The Balaban J connectivity index is 2.16. The topological polar surface area (TPSA) is 41.0 Å². The highest BCUT2D eigenvalue weighted by atomic mass is 16.1. The summed E-state index contributed by atoms with van der Waals surface area (Å²) in [6, 6.07) is 6.40. The molecular formula is C15H19N3O. The molecule has 4 heteroatoms. The van der Waals surface area contributed by atoms with Gasteiger partial charge < -0.3 is 4.98 Å². The molecule has 3 rings (SSSR count). The second-order valence-electron chi connectivity index (χ2n) is 5.43. The molecule has 0 amide bonds. The minimum absolute atomic E-state index is 0.00757. The highest BCUT2D eigenvalue weighted by Gasteiger charge is 2.24. The molecule has 0 saturated carbocycles. The Labute approximate surface area is 112 Å². The number of nitrogens with zero attached hydrogens (tertiary/aromatic N) is 2. The molecule has 100 valence electrons. The number of H-pyrrole nitrogens is 1. The minimum Gasteiger partial charge on any atom is -0.306 e. The third-order valence-electron chi connectivity index (χ3n) is 3.91. The molecule has 0 radical (unpaired) electrons. The van der Waals surface area contributed by atoms with Gasteiger partial charge in [0, 0.05) is 25.7 Å². The molecule has 4 nitrogen and oxygen atoms in total. The largest absolute Gasteiger partial charge is 0.326 e. The molecule has 2 heterocycles. The van der Waals surface area contributed by atoms with Gasteiger partial charge in [-0.1, -0.05) is 24.3 Å². The molecule has 0 bridgehead atoms. The van der Waals surface area contributed by atoms with Gasteiger partial charge in [-0.3, -0.25) is 9.47 Å². The number of hydrogen-bond acceptors (Lipinski definition) is 2. The van der Waals surface area contributed by atoms with E-state index in [0.29, 0.717) is 6.04 Å². The van der Waals surface area contributed by atoms with E-state index >= 15 is 0 Å². The first-order valence-electron chi connectivity index (χ1n) is 6.68. The normalized spacial score (nSPS) is 19.6. The van der Waals surface area contributed by atoms with Crippen molar-refractivity contribution in [3.8, 4) is 0 Å². The summed E-state index contributed by atoms with van der Waals surface area (Å²) >= 11 is 0. The molecule has 1 unspecified atom stereocenters. The van der Waals surface area contributed by atoms with E-state index in [0.717, 1.165) is 36.2 Å². The van der Waals surface area contributed by atoms with Gasteiger partial charge in [0.2, 0.25) is 0 Å². The lowest BCUT2D eigenvalue weighted by molar-refractivity contribution is 0.228. The second kappa shape index (κ2) is 4.38. The molecule has 2 aromatic rings. The smallest absolute Gasteiger partial charge is 0.306 e. The van der Waals surface area contributed by atoms with Crippen molar-refractivity contribution in [2.24, 2.45) is 0 Å². The molecule has 1 aliphatic heterocycles. The van der Waals surface area contributed by atoms with Gasteiger partial charge >= 0.3 is 5.69 Å². The summed E-state index contributed by atoms with van der Waals surface area (Å²) in [5, 5.41) is 0. The fourth-order valence-electron chi connectivity index (χ4n) is 2.98. The summed E-state index contributed by atoms with van der Waals surface area (Å²) in [7, 11) is 0. The Morgan fingerprint density at radius 3 is 3.00 bits per heavy atom. The Morgan fingerprint density at radius 1 is 1.47 bits per heavy atom. The van der Waals surface area contributed by atoms with Crippen molar-refractivity contribution >= 4 is 11.0 Å². The lowest BCUT2D eigenvalue weighted by Gasteiger charge is -2.27. The van der Waals surface area contributed by atoms with Crippen LogP contribution in [-0.2, 0) is 6.54 Å². The zero-order valence-corrected chi connectivity index (χ0v) is 11.4. The highest BCUT2D eigenvalue weighted by Crippen LogP contribution is 2.29. The van der Waals surface area contributed by atoms with E-state index in [2.05, 4.69) is 29.5 Å². The van der Waals surface area contributed by atoms with Crippen molar-refractivity contribution in [2.45, 2.75) is 26.4 Å². The van der Waals surface area contributed by atoms with Gasteiger partial charge in [0.05, 0.1) is 11.0 Å². The fourth-order valence-corrected chi connectivity index (χ4v) is 2.98. The van der Waals surface area contributed by atoms with Crippen molar-refractivity contribution in [3.63, 3.8) is 0 Å². The molecule has 1 atom stereocenters. The van der Waals surface area contributed by atoms with Gasteiger partial charge in [0.25, 0.3) is 0 Å². The maximum absolute atomic E-state index is 12.0. The third-order valence-corrected chi connectivity index (χ3v) is 3.91. The van der Waals surface area contributed by atoms with Gasteiger partial charge in [0.15, 0.2) is 0 Å². The first-order chi connectivity index (χ1) is 9.08. The van der Waals surface area contributed by atoms with Crippen LogP contribution in [0, 0.1) is 0 Å². The van der Waals surface area contributed by atoms with Crippen LogP contribution in [0.5, 0.6) is 0 Å². The lowest BCUT2D eigenvalue weighted by atomic mass is 10.1. The van der Waals surface area contributed by atoms with Crippen LogP contribution in [-0.4, -0.2) is 27.5 Å². The molecule has 0 fully saturated rings. The Morgan fingerprint density at radius 2 is 2.26 bits per heavy atom. The van der Waals surface area contributed by atoms with E-state index in [-0.39, 0.29) is 5.69 Å². The summed E-state index contributed by atoms with van der Waals surface area (Å²) in [5.74, 6) is 0. The molecule has 1 aliphatic rings. The van der Waals surface area contributed by atoms with Gasteiger partial charge in [-0.15, -0.1) is 0 Å². The average molecular weight is 257 g/mol. The quantitative estimate of drug-likeness (QED) is 0.839. The first kappa shape index (κ1) is 12.2. The predicted octanol–water partition coefficient (Wildman–Crippen LogP) is 2.28. The number of aromatic amines is 1. The monoisotopic (exact) mass is 257 g/mol. The van der Waals surface area contributed by atoms with Crippen LogP contribution in [0.25, 0.3) is 11.0 Å². The van der Waals surface area contributed by atoms with Gasteiger partial charge in [-0.25, -0.2) is 4.79 Å². The molecule has 19 heavy (non-hydrogen) atoms. The van der Waals surface area contributed by atoms with Crippen LogP contribution in [0.2, 0.25) is 0 Å². The average Bonchev–Trinajstić information content (AvgIpc) is 2.61. The second-order valence-corrected chi connectivity index (χ2v) is 5.43. The van der Waals surface area contributed by atoms with Gasteiger partial charge in [-0.2, -0.15) is 0 Å². The van der Waals surface area contributed by atoms with Crippen LogP contribution in [0.4, 0.5) is 0 Å². The zero-order chi connectivity index (χ0) is 13.6. The number of nitrogens with one attached hydrogen (secondary N) is 1. The molecule has 1 aromatic carbocycles. The van der Waals surface area contributed by atoms with Crippen molar-refractivity contribution in [1.82, 2.24) is 14.5 Å². The third kappa shape index (κ3) is 1.92. The summed E-state index contributed by atoms with van der Waals surface area (Å²) in [6.45, 7) is 10.7. The van der Waals surface area contributed by atoms with E-state index in [4.69, 9.17) is 0 Å². The number of rotatable bonds is 2. The Hall–Kier alpha value is -1.81. The number of para-hydroxylation sites is 1. The van der Waals surface area contributed by atoms with Crippen LogP contribution >= 0.6 is 0 Å². The summed E-state index contributed by atoms with van der Waals surface area (Å²) in [5.41, 5.74) is 4.36. The van der Waals surface area contributed by atoms with Crippen LogP contribution in [0.3, 0.4) is 0 Å². The van der Waals surface area contributed by atoms with Crippen LogP contribution in [0.1, 0.15) is 25.5 Å². The predicted molar refractivity (Wildman–Crippen MR) is 77.4 cm³/mol. The molecule has 1 N–H and O–H groups in total. The standard InChI is InChI=1S/C15H19N3O/c1-10(2)9-17-7-8-18-14-12(11(17)3)5-4-6-13(14)16-15(18)19/h4-6,11H,1,7-9H2,2-3H3,(H,16,19). The summed E-state index contributed by atoms with van der Waals surface area (Å²) < 4.78 is 1.86. The highest BCUT2D eigenvalue weighted by molar-refractivity contribution is 5.79. The fraction of sp³-hybridized carbons (Fsp3) is 0.400. The van der Waals surface area contributed by atoms with E-state index in [1.807, 2.05) is 23.6 Å². The summed E-state index contributed by atoms with van der Waals surface area (Å²) in [6.07, 6.45) is 0. The Kier molecular flexibility index (Phi) is 2.82. The molecule has 0 saturated heterocycles. The molecule has 0 spiro atoms. The van der Waals surface area contributed by atoms with E-state index in [1.54, 1.807) is 0 Å². The molecule has 1 aromatic heterocycles.